The van der Waals surface area contributed by atoms with E-state index in [1.54, 1.807) is 25.9 Å². The molecule has 0 radical (unpaired) electrons. The monoisotopic (exact) mass is 290 g/mol. The van der Waals surface area contributed by atoms with Crippen molar-refractivity contribution in [3.05, 3.63) is 0 Å². The molecule has 0 saturated carbocycles. The van der Waals surface area contributed by atoms with Gasteiger partial charge >= 0.3 is 0 Å². The van der Waals surface area contributed by atoms with Gasteiger partial charge in [-0.1, -0.05) is 0 Å². The summed E-state index contributed by atoms with van der Waals surface area (Å²) in [6, 6.07) is 0. The van der Waals surface area contributed by atoms with Crippen LogP contribution in [0.25, 0.3) is 0 Å². The van der Waals surface area contributed by atoms with E-state index >= 15 is 0 Å². The first-order valence-electron chi connectivity index (χ1n) is 6.20. The predicted molar refractivity (Wildman–Crippen MR) is 81.8 cm³/mol. The minimum Gasteiger partial charge on any atom is -0.383 e. The van der Waals surface area contributed by atoms with Crippen molar-refractivity contribution in [2.75, 3.05) is 46.7 Å². The average Bonchev–Trinajstić information content (AvgIpc) is 2.39. The van der Waals surface area contributed by atoms with E-state index < -0.39 is 0 Å². The van der Waals surface area contributed by atoms with E-state index in [1.165, 1.54) is 0 Å². The number of carbonyl (C=O) groups is 1. The zero-order chi connectivity index (χ0) is 14.7. The molecule has 0 fully saturated rings. The zero-order valence-electron chi connectivity index (χ0n) is 12.5. The van der Waals surface area contributed by atoms with Gasteiger partial charge in [0.2, 0.25) is 5.91 Å². The Kier molecular flexibility index (Phi) is 9.42. The molecule has 0 aliphatic rings. The molecule has 0 unspecified atom stereocenters. The van der Waals surface area contributed by atoms with Gasteiger partial charge in [-0.2, -0.15) is 11.8 Å². The van der Waals surface area contributed by atoms with Crippen molar-refractivity contribution in [2.45, 2.75) is 18.6 Å². The first-order chi connectivity index (χ1) is 8.95. The summed E-state index contributed by atoms with van der Waals surface area (Å²) in [7, 11) is 3.29. The normalized spacial score (nSPS) is 12.2. The molecule has 0 aliphatic carbocycles. The SMILES string of the molecule is CN=C(NCC(=O)NCCOC)NCC(C)(C)SC. The van der Waals surface area contributed by atoms with Gasteiger partial charge in [-0.15, -0.1) is 0 Å². The van der Waals surface area contributed by atoms with Crippen LogP contribution in [-0.2, 0) is 9.53 Å². The van der Waals surface area contributed by atoms with Gasteiger partial charge in [-0.3, -0.25) is 9.79 Å². The third-order valence-electron chi connectivity index (χ3n) is 2.50. The molecule has 0 saturated heterocycles. The van der Waals surface area contributed by atoms with Crippen molar-refractivity contribution >= 4 is 23.6 Å². The number of rotatable bonds is 8. The summed E-state index contributed by atoms with van der Waals surface area (Å²) in [5, 5.41) is 8.90. The number of guanidine groups is 1. The third-order valence-corrected chi connectivity index (χ3v) is 3.75. The Balaban J connectivity index is 3.92. The number of methoxy groups -OCH3 is 1. The van der Waals surface area contributed by atoms with E-state index in [0.29, 0.717) is 19.1 Å². The van der Waals surface area contributed by atoms with Crippen molar-refractivity contribution in [3.63, 3.8) is 0 Å². The quantitative estimate of drug-likeness (QED) is 0.335. The van der Waals surface area contributed by atoms with E-state index in [0.717, 1.165) is 6.54 Å². The van der Waals surface area contributed by atoms with Crippen molar-refractivity contribution in [1.82, 2.24) is 16.0 Å². The van der Waals surface area contributed by atoms with E-state index in [-0.39, 0.29) is 17.2 Å². The molecule has 112 valence electrons. The Hall–Kier alpha value is -0.950. The summed E-state index contributed by atoms with van der Waals surface area (Å²) in [6.07, 6.45) is 2.07. The molecule has 6 nitrogen and oxygen atoms in total. The molecule has 1 amide bonds. The lowest BCUT2D eigenvalue weighted by atomic mass is 10.2. The summed E-state index contributed by atoms with van der Waals surface area (Å²) in [4.78, 5) is 15.6. The van der Waals surface area contributed by atoms with Gasteiger partial charge in [-0.25, -0.2) is 0 Å². The maximum Gasteiger partial charge on any atom is 0.239 e. The lowest BCUT2D eigenvalue weighted by molar-refractivity contribution is -0.120. The fourth-order valence-electron chi connectivity index (χ4n) is 1.11. The molecule has 0 aliphatic heterocycles. The van der Waals surface area contributed by atoms with Gasteiger partial charge in [0.1, 0.15) is 0 Å². The number of hydrogen-bond donors (Lipinski definition) is 3. The Morgan fingerprint density at radius 3 is 2.53 bits per heavy atom. The van der Waals surface area contributed by atoms with E-state index in [4.69, 9.17) is 4.74 Å². The van der Waals surface area contributed by atoms with Crippen LogP contribution in [0.2, 0.25) is 0 Å². The first kappa shape index (κ1) is 18.0. The Morgan fingerprint density at radius 1 is 1.32 bits per heavy atom. The molecule has 0 atom stereocenters. The molecule has 0 rings (SSSR count). The maximum atomic E-state index is 11.5. The van der Waals surface area contributed by atoms with E-state index in [1.807, 2.05) is 0 Å². The van der Waals surface area contributed by atoms with Crippen LogP contribution in [0.1, 0.15) is 13.8 Å². The van der Waals surface area contributed by atoms with Crippen LogP contribution < -0.4 is 16.0 Å². The lowest BCUT2D eigenvalue weighted by Crippen LogP contribution is -2.46. The van der Waals surface area contributed by atoms with Crippen LogP contribution in [0.5, 0.6) is 0 Å². The molecule has 0 heterocycles. The van der Waals surface area contributed by atoms with Crippen molar-refractivity contribution in [3.8, 4) is 0 Å². The summed E-state index contributed by atoms with van der Waals surface area (Å²) < 4.78 is 4.98. The lowest BCUT2D eigenvalue weighted by Gasteiger charge is -2.23. The third kappa shape index (κ3) is 9.61. The zero-order valence-corrected chi connectivity index (χ0v) is 13.3. The topological polar surface area (TPSA) is 74.8 Å². The second-order valence-corrected chi connectivity index (χ2v) is 6.10. The van der Waals surface area contributed by atoms with E-state index in [9.17, 15) is 4.79 Å². The molecule has 0 aromatic heterocycles. The number of aliphatic imine (C=N–C) groups is 1. The fourth-order valence-corrected chi connectivity index (χ4v) is 1.32. The van der Waals surface area contributed by atoms with Gasteiger partial charge in [0, 0.05) is 32.0 Å². The summed E-state index contributed by atoms with van der Waals surface area (Å²) in [5.41, 5.74) is 0. The van der Waals surface area contributed by atoms with Crippen LogP contribution >= 0.6 is 11.8 Å². The van der Waals surface area contributed by atoms with Crippen LogP contribution in [0.3, 0.4) is 0 Å². The summed E-state index contributed by atoms with van der Waals surface area (Å²) in [6.45, 7) is 6.30. The molecule has 19 heavy (non-hydrogen) atoms. The Morgan fingerprint density at radius 2 is 2.00 bits per heavy atom. The number of nitrogens with one attached hydrogen (secondary N) is 3. The van der Waals surface area contributed by atoms with Crippen molar-refractivity contribution in [2.24, 2.45) is 4.99 Å². The molecular formula is C12H26N4O2S. The average molecular weight is 290 g/mol. The Labute approximate surface area is 120 Å². The van der Waals surface area contributed by atoms with Gasteiger partial charge < -0.3 is 20.7 Å². The smallest absolute Gasteiger partial charge is 0.239 e. The minimum atomic E-state index is -0.0795. The summed E-state index contributed by atoms with van der Waals surface area (Å²) in [5.74, 6) is 0.549. The highest BCUT2D eigenvalue weighted by Crippen LogP contribution is 2.19. The standard InChI is InChI=1S/C12H26N4O2S/c1-12(2,19-5)9-16-11(13-3)15-8-10(17)14-6-7-18-4/h6-9H2,1-5H3,(H,14,17)(H2,13,15,16). The van der Waals surface area contributed by atoms with Crippen LogP contribution in [0.4, 0.5) is 0 Å². The van der Waals surface area contributed by atoms with Crippen molar-refractivity contribution < 1.29 is 9.53 Å². The summed E-state index contributed by atoms with van der Waals surface area (Å²) >= 11 is 1.78. The Bertz CT molecular complexity index is 295. The molecule has 3 N–H and O–H groups in total. The van der Waals surface area contributed by atoms with Crippen molar-refractivity contribution in [1.29, 1.82) is 0 Å². The molecule has 0 spiro atoms. The largest absolute Gasteiger partial charge is 0.383 e. The maximum absolute atomic E-state index is 11.5. The molecule has 0 bridgehead atoms. The molecule has 0 aromatic rings. The number of amides is 1. The minimum absolute atomic E-state index is 0.0795. The fraction of sp³-hybridized carbons (Fsp3) is 0.833. The number of thioether (sulfide) groups is 1. The molecular weight excluding hydrogens is 264 g/mol. The van der Waals surface area contributed by atoms with Crippen LogP contribution in [-0.4, -0.2) is 63.3 Å². The number of ether oxygens (including phenoxy) is 1. The van der Waals surface area contributed by atoms with Gasteiger partial charge in [-0.05, 0) is 20.1 Å². The second-order valence-electron chi connectivity index (χ2n) is 4.59. The molecule has 7 heteroatoms. The van der Waals surface area contributed by atoms with E-state index in [2.05, 4.69) is 41.0 Å². The number of nitrogens with zero attached hydrogens (tertiary/aromatic N) is 1. The predicted octanol–water partition coefficient (Wildman–Crippen LogP) is 0.0556. The molecule has 0 aromatic carbocycles. The number of hydrogen-bond acceptors (Lipinski definition) is 4. The first-order valence-corrected chi connectivity index (χ1v) is 7.43. The highest BCUT2D eigenvalue weighted by molar-refractivity contribution is 7.99. The van der Waals surface area contributed by atoms with Gasteiger partial charge in [0.05, 0.1) is 13.2 Å². The van der Waals surface area contributed by atoms with Gasteiger partial charge in [0.15, 0.2) is 5.96 Å². The second kappa shape index (κ2) is 9.91. The van der Waals surface area contributed by atoms with Gasteiger partial charge in [0.25, 0.3) is 0 Å². The number of carbonyl (C=O) groups excluding carboxylic acids is 1. The van der Waals surface area contributed by atoms with Crippen LogP contribution in [0, 0.1) is 0 Å². The van der Waals surface area contributed by atoms with Crippen LogP contribution in [0.15, 0.2) is 4.99 Å². The highest BCUT2D eigenvalue weighted by atomic mass is 32.2. The highest BCUT2D eigenvalue weighted by Gasteiger charge is 2.16.